The Balaban J connectivity index is 3.88. The summed E-state index contributed by atoms with van der Waals surface area (Å²) >= 11 is -2.77. The molecule has 0 aliphatic heterocycles. The third-order valence-corrected chi connectivity index (χ3v) is 8.15. The van der Waals surface area contributed by atoms with E-state index in [-0.39, 0.29) is 0 Å². The average Bonchev–Trinajstić information content (AvgIpc) is 2.02. The molecule has 13 heavy (non-hydrogen) atoms. The molecule has 0 aliphatic rings. The van der Waals surface area contributed by atoms with E-state index in [0.29, 0.717) is 8.94 Å². The number of hydrogen-bond donors (Lipinski definition) is 0. The van der Waals surface area contributed by atoms with Crippen LogP contribution >= 0.6 is 0 Å². The third kappa shape index (κ3) is 6.62. The van der Waals surface area contributed by atoms with Gasteiger partial charge in [0.1, 0.15) is 0 Å². The Kier molecular flexibility index (Phi) is 7.26. The van der Waals surface area contributed by atoms with Crippen molar-refractivity contribution in [1.29, 1.82) is 0 Å². The molecular weight excluding hydrogens is 293 g/mol. The van der Waals surface area contributed by atoms with Crippen molar-refractivity contribution in [3.63, 3.8) is 0 Å². The molecule has 0 aromatic carbocycles. The molecule has 0 heterocycles. The summed E-state index contributed by atoms with van der Waals surface area (Å²) in [5.74, 6) is 0. The third-order valence-electron chi connectivity index (χ3n) is 1.82. The summed E-state index contributed by atoms with van der Waals surface area (Å²) in [6.45, 7) is 3.90. The zero-order valence-corrected chi connectivity index (χ0v) is 10.6. The van der Waals surface area contributed by atoms with Crippen LogP contribution in [0.1, 0.15) is 39.5 Å². The number of alkyl halides is 3. The molecule has 4 heteroatoms. The monoisotopic (exact) mass is 313 g/mol. The first-order valence-corrected chi connectivity index (χ1v) is 9.22. The summed E-state index contributed by atoms with van der Waals surface area (Å²) in [5, 5.41) is 0. The molecule has 0 saturated heterocycles. The van der Waals surface area contributed by atoms with Crippen LogP contribution in [0, 0.1) is 0 Å². The zero-order valence-electron chi connectivity index (χ0n) is 8.28. The number of hydrogen-bond acceptors (Lipinski definition) is 0. The second-order valence-electron chi connectivity index (χ2n) is 3.05. The van der Waals surface area contributed by atoms with E-state index in [4.69, 9.17) is 0 Å². The van der Waals surface area contributed by atoms with Gasteiger partial charge < -0.3 is 0 Å². The first kappa shape index (κ1) is 13.6. The molecule has 0 rings (SSSR count). The summed E-state index contributed by atoms with van der Waals surface area (Å²) in [7, 11) is 0. The van der Waals surface area contributed by atoms with Gasteiger partial charge >= 0.3 is 85.4 Å². The van der Waals surface area contributed by atoms with Crippen molar-refractivity contribution in [3.05, 3.63) is 0 Å². The predicted molar refractivity (Wildman–Crippen MR) is 51.2 cm³/mol. The standard InChI is InChI=1S/C9H18F3Te/c1-3-5-7-13(8-6-4-2)9(10,11)12/h3-8H2,1-2H3. The minimum absolute atomic E-state index is 0.476. The van der Waals surface area contributed by atoms with Crippen LogP contribution in [-0.4, -0.2) is 23.8 Å². The van der Waals surface area contributed by atoms with Crippen LogP contribution in [0.2, 0.25) is 8.94 Å². The number of halogens is 3. The molecule has 0 atom stereocenters. The van der Waals surface area contributed by atoms with Crippen LogP contribution in [0.15, 0.2) is 0 Å². The summed E-state index contributed by atoms with van der Waals surface area (Å²) in [6, 6.07) is 0. The fraction of sp³-hybridized carbons (Fsp3) is 1.00. The van der Waals surface area contributed by atoms with E-state index in [1.54, 1.807) is 0 Å². The molecule has 0 amide bonds. The van der Waals surface area contributed by atoms with Crippen LogP contribution in [0.25, 0.3) is 0 Å². The Labute approximate surface area is 85.5 Å². The van der Waals surface area contributed by atoms with E-state index in [1.165, 1.54) is 0 Å². The van der Waals surface area contributed by atoms with Gasteiger partial charge in [0.25, 0.3) is 0 Å². The molecule has 0 unspecified atom stereocenters. The Morgan fingerprint density at radius 2 is 1.31 bits per heavy atom. The fourth-order valence-corrected chi connectivity index (χ4v) is 6.51. The zero-order chi connectivity index (χ0) is 10.3. The molecule has 0 N–H and O–H groups in total. The first-order chi connectivity index (χ1) is 6.02. The molecule has 0 nitrogen and oxygen atoms in total. The van der Waals surface area contributed by atoms with Crippen molar-refractivity contribution in [2.24, 2.45) is 0 Å². The summed E-state index contributed by atoms with van der Waals surface area (Å²) in [5.41, 5.74) is 0. The Morgan fingerprint density at radius 3 is 1.54 bits per heavy atom. The first-order valence-electron chi connectivity index (χ1n) is 4.76. The van der Waals surface area contributed by atoms with Gasteiger partial charge in [-0.25, -0.2) is 0 Å². The topological polar surface area (TPSA) is 0 Å². The summed E-state index contributed by atoms with van der Waals surface area (Å²) in [6.07, 6.45) is 3.30. The van der Waals surface area contributed by atoms with Crippen molar-refractivity contribution in [2.75, 3.05) is 0 Å². The quantitative estimate of drug-likeness (QED) is 0.646. The Morgan fingerprint density at radius 1 is 0.923 bits per heavy atom. The maximum absolute atomic E-state index is 12.4. The van der Waals surface area contributed by atoms with Gasteiger partial charge in [0.15, 0.2) is 0 Å². The van der Waals surface area contributed by atoms with E-state index in [9.17, 15) is 13.2 Å². The van der Waals surface area contributed by atoms with Crippen LogP contribution in [0.3, 0.4) is 0 Å². The van der Waals surface area contributed by atoms with Crippen molar-refractivity contribution >= 4 is 19.6 Å². The van der Waals surface area contributed by atoms with E-state index in [0.717, 1.165) is 25.7 Å². The SMILES string of the molecule is CCCC[Te](CCCC)C(F)(F)F. The molecule has 0 aromatic rings. The van der Waals surface area contributed by atoms with Crippen LogP contribution in [-0.2, 0) is 0 Å². The van der Waals surface area contributed by atoms with Crippen molar-refractivity contribution in [1.82, 2.24) is 0 Å². The normalized spacial score (nSPS) is 12.5. The van der Waals surface area contributed by atoms with Gasteiger partial charge in [-0.2, -0.15) is 0 Å². The molecule has 0 bridgehead atoms. The van der Waals surface area contributed by atoms with Crippen molar-refractivity contribution < 1.29 is 13.2 Å². The van der Waals surface area contributed by atoms with Gasteiger partial charge in [-0.3, -0.25) is 0 Å². The molecule has 1 radical (unpaired) electrons. The second kappa shape index (κ2) is 6.95. The Bertz CT molecular complexity index is 115. The van der Waals surface area contributed by atoms with Crippen LogP contribution in [0.5, 0.6) is 0 Å². The van der Waals surface area contributed by atoms with Gasteiger partial charge in [0.2, 0.25) is 0 Å². The van der Waals surface area contributed by atoms with Crippen LogP contribution < -0.4 is 0 Å². The minimum atomic E-state index is -3.81. The van der Waals surface area contributed by atoms with Crippen LogP contribution in [0.4, 0.5) is 13.2 Å². The second-order valence-corrected chi connectivity index (χ2v) is 9.52. The van der Waals surface area contributed by atoms with Gasteiger partial charge in [-0.1, -0.05) is 0 Å². The molecule has 81 valence electrons. The summed E-state index contributed by atoms with van der Waals surface area (Å²) < 4.78 is 34.5. The molecule has 0 spiro atoms. The Hall–Kier alpha value is 0.580. The predicted octanol–water partition coefficient (Wildman–Crippen LogP) is 4.18. The van der Waals surface area contributed by atoms with E-state index in [2.05, 4.69) is 0 Å². The van der Waals surface area contributed by atoms with E-state index in [1.807, 2.05) is 13.8 Å². The van der Waals surface area contributed by atoms with Gasteiger partial charge in [0, 0.05) is 0 Å². The van der Waals surface area contributed by atoms with E-state index < -0.39 is 23.8 Å². The van der Waals surface area contributed by atoms with Gasteiger partial charge in [-0.15, -0.1) is 0 Å². The molecular formula is C9H18F3Te. The van der Waals surface area contributed by atoms with Gasteiger partial charge in [-0.05, 0) is 0 Å². The van der Waals surface area contributed by atoms with Gasteiger partial charge in [0.05, 0.1) is 0 Å². The molecule has 0 saturated carbocycles. The van der Waals surface area contributed by atoms with E-state index >= 15 is 0 Å². The summed E-state index contributed by atoms with van der Waals surface area (Å²) in [4.78, 5) is 0. The molecule has 0 aromatic heterocycles. The molecule has 0 aliphatic carbocycles. The van der Waals surface area contributed by atoms with Crippen molar-refractivity contribution in [3.8, 4) is 0 Å². The average molecular weight is 311 g/mol. The molecule has 0 fully saturated rings. The number of rotatable bonds is 6. The maximum atomic E-state index is 12.4. The number of unbranched alkanes of at least 4 members (excludes halogenated alkanes) is 2. The van der Waals surface area contributed by atoms with Crippen molar-refractivity contribution in [2.45, 2.75) is 52.7 Å². The fourth-order valence-electron chi connectivity index (χ4n) is 0.971.